The van der Waals surface area contributed by atoms with Gasteiger partial charge in [0.1, 0.15) is 0 Å². The zero-order valence-electron chi connectivity index (χ0n) is 9.11. The molecule has 0 amide bonds. The molecular formula is C11H16N2S. The summed E-state index contributed by atoms with van der Waals surface area (Å²) in [5.41, 5.74) is 1.23. The third kappa shape index (κ3) is 4.20. The highest BCUT2D eigenvalue weighted by Crippen LogP contribution is 2.07. The van der Waals surface area contributed by atoms with Crippen LogP contribution in [0.4, 0.5) is 0 Å². The highest BCUT2D eigenvalue weighted by atomic mass is 32.2. The van der Waals surface area contributed by atoms with Gasteiger partial charge >= 0.3 is 0 Å². The lowest BCUT2D eigenvalue weighted by atomic mass is 10.2. The average Bonchev–Trinajstić information content (AvgIpc) is 2.22. The van der Waals surface area contributed by atoms with Gasteiger partial charge in [0.05, 0.1) is 0 Å². The summed E-state index contributed by atoms with van der Waals surface area (Å²) in [7, 11) is -0.278. The second-order valence-electron chi connectivity index (χ2n) is 2.48. The molecule has 1 aromatic rings. The van der Waals surface area contributed by atoms with Gasteiger partial charge in [-0.3, -0.25) is 0 Å². The van der Waals surface area contributed by atoms with E-state index in [1.54, 1.807) is 0 Å². The van der Waals surface area contributed by atoms with E-state index in [1.165, 1.54) is 5.56 Å². The molecule has 0 N–H and O–H groups in total. The molecule has 14 heavy (non-hydrogen) atoms. The van der Waals surface area contributed by atoms with Crippen molar-refractivity contribution in [2.45, 2.75) is 25.7 Å². The molecule has 1 atom stereocenters. The first-order valence-corrected chi connectivity index (χ1v) is 6.15. The normalized spacial score (nSPS) is 11.1. The van der Waals surface area contributed by atoms with Crippen molar-refractivity contribution in [3.63, 3.8) is 0 Å². The van der Waals surface area contributed by atoms with Gasteiger partial charge in [0, 0.05) is 4.90 Å². The number of benzene rings is 1. The molecule has 0 radical (unpaired) electrons. The molecule has 1 rings (SSSR count). The Bertz CT molecular complexity index is 333. The van der Waals surface area contributed by atoms with Gasteiger partial charge in [-0.2, -0.15) is 5.26 Å². The lowest BCUT2D eigenvalue weighted by Gasteiger charge is -1.98. The highest BCUT2D eigenvalue weighted by Gasteiger charge is 1.93. The Hall–Kier alpha value is -1.14. The van der Waals surface area contributed by atoms with Gasteiger partial charge in [-0.25, -0.2) is 0 Å². The van der Waals surface area contributed by atoms with Crippen LogP contribution < -0.4 is 0 Å². The van der Waals surface area contributed by atoms with Crippen molar-refractivity contribution in [2.24, 2.45) is 4.36 Å². The van der Waals surface area contributed by atoms with E-state index in [0.29, 0.717) is 0 Å². The van der Waals surface area contributed by atoms with E-state index in [0.717, 1.165) is 4.90 Å². The largest absolute Gasteiger partial charge is 0.212 e. The highest BCUT2D eigenvalue weighted by molar-refractivity contribution is 7.86. The van der Waals surface area contributed by atoms with E-state index in [4.69, 9.17) is 5.26 Å². The molecule has 3 heteroatoms. The zero-order valence-corrected chi connectivity index (χ0v) is 9.93. The Labute approximate surface area is 88.7 Å². The third-order valence-electron chi connectivity index (χ3n) is 1.54. The van der Waals surface area contributed by atoms with E-state index >= 15 is 0 Å². The van der Waals surface area contributed by atoms with Gasteiger partial charge in [-0.05, 0) is 25.3 Å². The SMILES string of the molecule is CC.Cc1ccc(S(C)=NC#N)cc1. The third-order valence-corrected chi connectivity index (χ3v) is 2.85. The first-order valence-electron chi connectivity index (χ1n) is 4.56. The Kier molecular flexibility index (Phi) is 6.69. The smallest absolute Gasteiger partial charge is 0.170 e. The molecule has 0 spiro atoms. The molecule has 1 unspecified atom stereocenters. The maximum Gasteiger partial charge on any atom is 0.212 e. The van der Waals surface area contributed by atoms with Crippen LogP contribution in [0.2, 0.25) is 0 Å². The van der Waals surface area contributed by atoms with Crippen molar-refractivity contribution < 1.29 is 0 Å². The number of aryl methyl sites for hydroxylation is 1. The van der Waals surface area contributed by atoms with Crippen molar-refractivity contribution in [1.29, 1.82) is 5.26 Å². The van der Waals surface area contributed by atoms with Crippen LogP contribution >= 0.6 is 0 Å². The summed E-state index contributed by atoms with van der Waals surface area (Å²) in [6.07, 6.45) is 3.76. The molecule has 2 nitrogen and oxygen atoms in total. The molecule has 0 saturated carbocycles. The molecule has 0 aliphatic rings. The maximum absolute atomic E-state index is 8.34. The molecule has 0 aliphatic carbocycles. The van der Waals surface area contributed by atoms with Crippen molar-refractivity contribution in [1.82, 2.24) is 0 Å². The molecule has 0 heterocycles. The number of nitrogens with zero attached hydrogens (tertiary/aromatic N) is 2. The quantitative estimate of drug-likeness (QED) is 0.652. The predicted molar refractivity (Wildman–Crippen MR) is 62.1 cm³/mol. The van der Waals surface area contributed by atoms with Crippen LogP contribution in [0.15, 0.2) is 33.5 Å². The minimum Gasteiger partial charge on any atom is -0.170 e. The fourth-order valence-corrected chi connectivity index (χ4v) is 1.61. The van der Waals surface area contributed by atoms with Gasteiger partial charge in [-0.15, -0.1) is 4.36 Å². The van der Waals surface area contributed by atoms with Gasteiger partial charge in [0.25, 0.3) is 0 Å². The summed E-state index contributed by atoms with van der Waals surface area (Å²) in [5.74, 6) is 0. The molecular weight excluding hydrogens is 192 g/mol. The van der Waals surface area contributed by atoms with Crippen LogP contribution in [0, 0.1) is 18.4 Å². The first kappa shape index (κ1) is 12.9. The van der Waals surface area contributed by atoms with E-state index < -0.39 is 0 Å². The molecule has 76 valence electrons. The maximum atomic E-state index is 8.34. The fourth-order valence-electron chi connectivity index (χ4n) is 0.849. The van der Waals surface area contributed by atoms with E-state index in [-0.39, 0.29) is 10.7 Å². The number of nitriles is 1. The van der Waals surface area contributed by atoms with Gasteiger partial charge in [0.15, 0.2) is 0 Å². The average molecular weight is 208 g/mol. The number of rotatable bonds is 1. The van der Waals surface area contributed by atoms with Crippen molar-refractivity contribution >= 4 is 10.7 Å². The van der Waals surface area contributed by atoms with Crippen molar-refractivity contribution in [3.05, 3.63) is 29.8 Å². The van der Waals surface area contributed by atoms with Crippen molar-refractivity contribution in [3.8, 4) is 6.19 Å². The Morgan fingerprint density at radius 2 is 1.71 bits per heavy atom. The predicted octanol–water partition coefficient (Wildman–Crippen LogP) is 3.29. The lowest BCUT2D eigenvalue weighted by molar-refractivity contribution is 1.37. The number of hydrogen-bond acceptors (Lipinski definition) is 2. The second-order valence-corrected chi connectivity index (χ2v) is 4.09. The van der Waals surface area contributed by atoms with Gasteiger partial charge < -0.3 is 0 Å². The summed E-state index contributed by atoms with van der Waals surface area (Å²) < 4.78 is 3.76. The molecule has 0 bridgehead atoms. The van der Waals surface area contributed by atoms with Crippen LogP contribution in [0.25, 0.3) is 0 Å². The standard InChI is InChI=1S/C9H10N2S.C2H6/c1-8-3-5-9(6-4-8)12(2)11-7-10;1-2/h3-6H,1-2H3;1-2H3. The van der Waals surface area contributed by atoms with Gasteiger partial charge in [0.2, 0.25) is 6.19 Å². The molecule has 0 saturated heterocycles. The Morgan fingerprint density at radius 1 is 1.21 bits per heavy atom. The molecule has 0 aromatic heterocycles. The lowest BCUT2D eigenvalue weighted by Crippen LogP contribution is -1.86. The zero-order chi connectivity index (χ0) is 11.0. The second kappa shape index (κ2) is 7.28. The van der Waals surface area contributed by atoms with Crippen LogP contribution in [0.1, 0.15) is 19.4 Å². The van der Waals surface area contributed by atoms with Crippen molar-refractivity contribution in [2.75, 3.05) is 6.26 Å². The van der Waals surface area contributed by atoms with Crippen LogP contribution in [0.5, 0.6) is 0 Å². The molecule has 1 aromatic carbocycles. The molecule has 0 fully saturated rings. The summed E-state index contributed by atoms with van der Waals surface area (Å²) in [6.45, 7) is 6.04. The summed E-state index contributed by atoms with van der Waals surface area (Å²) in [6, 6.07) is 8.09. The summed E-state index contributed by atoms with van der Waals surface area (Å²) >= 11 is 0. The van der Waals surface area contributed by atoms with E-state index in [9.17, 15) is 0 Å². The minimum atomic E-state index is -0.278. The monoisotopic (exact) mass is 208 g/mol. The van der Waals surface area contributed by atoms with Gasteiger partial charge in [-0.1, -0.05) is 42.2 Å². The minimum absolute atomic E-state index is 0.278. The summed E-state index contributed by atoms with van der Waals surface area (Å²) in [5, 5.41) is 8.34. The topological polar surface area (TPSA) is 36.1 Å². The fraction of sp³-hybridized carbons (Fsp3) is 0.364. The van der Waals surface area contributed by atoms with E-state index in [2.05, 4.69) is 4.36 Å². The van der Waals surface area contributed by atoms with Crippen LogP contribution in [-0.2, 0) is 10.7 Å². The number of hydrogen-bond donors (Lipinski definition) is 0. The molecule has 0 aliphatic heterocycles. The summed E-state index contributed by atoms with van der Waals surface area (Å²) in [4.78, 5) is 1.11. The van der Waals surface area contributed by atoms with Crippen LogP contribution in [-0.4, -0.2) is 6.26 Å². The first-order chi connectivity index (χ1) is 6.74. The van der Waals surface area contributed by atoms with Crippen LogP contribution in [0.3, 0.4) is 0 Å². The Balaban J connectivity index is 0.000000791. The Morgan fingerprint density at radius 3 is 2.14 bits per heavy atom. The van der Waals surface area contributed by atoms with E-state index in [1.807, 2.05) is 57.5 Å².